The molecule has 1 aliphatic heterocycles. The molecule has 1 amide bonds. The van der Waals surface area contributed by atoms with Crippen LogP contribution in [-0.2, 0) is 9.59 Å². The number of carboxylic acid groups (broad SMARTS) is 1. The molecule has 0 spiro atoms. The Morgan fingerprint density at radius 2 is 2.11 bits per heavy atom. The Morgan fingerprint density at radius 3 is 2.58 bits per heavy atom. The van der Waals surface area contributed by atoms with Gasteiger partial charge in [-0.15, -0.1) is 11.8 Å². The maximum atomic E-state index is 11.9. The minimum atomic E-state index is -0.971. The number of nitrogens with zero attached hydrogens (tertiary/aromatic N) is 1. The average molecular weight is 281 g/mol. The van der Waals surface area contributed by atoms with Gasteiger partial charge in [0.05, 0.1) is 7.11 Å². The predicted octanol–water partition coefficient (Wildman–Crippen LogP) is 1.47. The lowest BCUT2D eigenvalue weighted by atomic mass is 10.1. The zero-order valence-corrected chi connectivity index (χ0v) is 11.5. The van der Waals surface area contributed by atoms with Crippen molar-refractivity contribution in [3.05, 3.63) is 24.3 Å². The molecule has 2 rings (SSSR count). The van der Waals surface area contributed by atoms with Crippen molar-refractivity contribution >= 4 is 23.6 Å². The highest BCUT2D eigenvalue weighted by Crippen LogP contribution is 2.32. The Bertz CT molecular complexity index is 488. The van der Waals surface area contributed by atoms with Crippen LogP contribution in [-0.4, -0.2) is 46.8 Å². The number of hydrogen-bond acceptors (Lipinski definition) is 4. The van der Waals surface area contributed by atoms with Crippen LogP contribution < -0.4 is 4.74 Å². The fraction of sp³-hybridized carbons (Fsp3) is 0.385. The second-order valence-electron chi connectivity index (χ2n) is 4.29. The van der Waals surface area contributed by atoms with E-state index in [2.05, 4.69) is 0 Å². The Hall–Kier alpha value is -1.69. The summed E-state index contributed by atoms with van der Waals surface area (Å²) in [5, 5.41) is 8.67. The van der Waals surface area contributed by atoms with E-state index in [1.54, 1.807) is 7.11 Å². The van der Waals surface area contributed by atoms with Crippen molar-refractivity contribution in [3.8, 4) is 5.75 Å². The number of hydrogen-bond donors (Lipinski definition) is 1. The molecule has 1 aromatic rings. The molecular weight excluding hydrogens is 266 g/mol. The highest BCUT2D eigenvalue weighted by molar-refractivity contribution is 8.00. The summed E-state index contributed by atoms with van der Waals surface area (Å²) in [5.74, 6) is -0.317. The van der Waals surface area contributed by atoms with Crippen molar-refractivity contribution in [2.45, 2.75) is 23.1 Å². The monoisotopic (exact) mass is 281 g/mol. The van der Waals surface area contributed by atoms with Crippen molar-refractivity contribution in [1.29, 1.82) is 0 Å². The van der Waals surface area contributed by atoms with Crippen molar-refractivity contribution in [3.63, 3.8) is 0 Å². The lowest BCUT2D eigenvalue weighted by molar-refractivity contribution is -0.154. The molecule has 1 N–H and O–H groups in total. The van der Waals surface area contributed by atoms with Gasteiger partial charge in [0.25, 0.3) is 0 Å². The fourth-order valence-electron chi connectivity index (χ4n) is 1.81. The SMILES string of the molecule is COc1ccc(SC2CN(C(C)C(=O)O)C2=O)cc1. The smallest absolute Gasteiger partial charge is 0.326 e. The molecule has 19 heavy (non-hydrogen) atoms. The predicted molar refractivity (Wildman–Crippen MR) is 71.4 cm³/mol. The summed E-state index contributed by atoms with van der Waals surface area (Å²) in [6.07, 6.45) is 0. The highest BCUT2D eigenvalue weighted by atomic mass is 32.2. The number of β-lactam (4-membered cyclic amide) rings is 1. The number of benzene rings is 1. The molecule has 5 nitrogen and oxygen atoms in total. The van der Waals surface area contributed by atoms with Crippen LogP contribution in [0.1, 0.15) is 6.92 Å². The van der Waals surface area contributed by atoms with E-state index in [9.17, 15) is 9.59 Å². The molecule has 0 radical (unpaired) electrons. The van der Waals surface area contributed by atoms with Crippen molar-refractivity contribution in [1.82, 2.24) is 4.90 Å². The van der Waals surface area contributed by atoms with Crippen LogP contribution >= 0.6 is 11.8 Å². The van der Waals surface area contributed by atoms with E-state index in [1.165, 1.54) is 23.6 Å². The summed E-state index contributed by atoms with van der Waals surface area (Å²) >= 11 is 1.45. The molecule has 1 aliphatic rings. The van der Waals surface area contributed by atoms with E-state index >= 15 is 0 Å². The van der Waals surface area contributed by atoms with Gasteiger partial charge in [0, 0.05) is 11.4 Å². The molecule has 1 saturated heterocycles. The van der Waals surface area contributed by atoms with Crippen LogP contribution in [0.3, 0.4) is 0 Å². The summed E-state index contributed by atoms with van der Waals surface area (Å²) in [5.41, 5.74) is 0. The second kappa shape index (κ2) is 5.52. The topological polar surface area (TPSA) is 66.8 Å². The quantitative estimate of drug-likeness (QED) is 0.828. The van der Waals surface area contributed by atoms with Gasteiger partial charge in [-0.1, -0.05) is 0 Å². The number of methoxy groups -OCH3 is 1. The molecule has 6 heteroatoms. The van der Waals surface area contributed by atoms with Gasteiger partial charge in [-0.25, -0.2) is 4.79 Å². The Kier molecular flexibility index (Phi) is 3.99. The molecule has 2 atom stereocenters. The second-order valence-corrected chi connectivity index (χ2v) is 5.56. The van der Waals surface area contributed by atoms with Gasteiger partial charge in [0.2, 0.25) is 5.91 Å². The van der Waals surface area contributed by atoms with Crippen LogP contribution in [0.25, 0.3) is 0 Å². The Morgan fingerprint density at radius 1 is 1.47 bits per heavy atom. The number of rotatable bonds is 5. The maximum Gasteiger partial charge on any atom is 0.326 e. The first kappa shape index (κ1) is 13.7. The van der Waals surface area contributed by atoms with Crippen LogP contribution in [0.15, 0.2) is 29.2 Å². The summed E-state index contributed by atoms with van der Waals surface area (Å²) < 4.78 is 5.06. The van der Waals surface area contributed by atoms with E-state index in [-0.39, 0.29) is 11.2 Å². The number of amides is 1. The largest absolute Gasteiger partial charge is 0.497 e. The van der Waals surface area contributed by atoms with Crippen molar-refractivity contribution < 1.29 is 19.4 Å². The van der Waals surface area contributed by atoms with Crippen LogP contribution in [0.5, 0.6) is 5.75 Å². The lowest BCUT2D eigenvalue weighted by Crippen LogP contribution is -2.60. The minimum absolute atomic E-state index is 0.115. The normalized spacial score (nSPS) is 19.8. The zero-order valence-electron chi connectivity index (χ0n) is 10.7. The van der Waals surface area contributed by atoms with Gasteiger partial charge in [0.15, 0.2) is 0 Å². The van der Waals surface area contributed by atoms with Crippen LogP contribution in [0.2, 0.25) is 0 Å². The minimum Gasteiger partial charge on any atom is -0.497 e. The molecule has 2 unspecified atom stereocenters. The van der Waals surface area contributed by atoms with E-state index in [0.717, 1.165) is 10.6 Å². The number of carboxylic acids is 1. The average Bonchev–Trinajstić information content (AvgIpc) is 2.42. The number of aliphatic carboxylic acids is 1. The molecule has 0 aromatic heterocycles. The van der Waals surface area contributed by atoms with E-state index in [1.807, 2.05) is 24.3 Å². The van der Waals surface area contributed by atoms with E-state index in [0.29, 0.717) is 6.54 Å². The third-order valence-electron chi connectivity index (χ3n) is 3.08. The Labute approximate surface area is 115 Å². The zero-order chi connectivity index (χ0) is 14.0. The number of likely N-dealkylation sites (tertiary alicyclic amines) is 1. The van der Waals surface area contributed by atoms with Gasteiger partial charge in [-0.05, 0) is 31.2 Å². The molecular formula is C13H15NO4S. The first-order valence-corrected chi connectivity index (χ1v) is 6.75. The number of thioether (sulfide) groups is 1. The van der Waals surface area contributed by atoms with Gasteiger partial charge < -0.3 is 14.7 Å². The van der Waals surface area contributed by atoms with Crippen LogP contribution in [0.4, 0.5) is 0 Å². The lowest BCUT2D eigenvalue weighted by Gasteiger charge is -2.40. The first-order valence-electron chi connectivity index (χ1n) is 5.87. The number of carbonyl (C=O) groups is 2. The molecule has 0 saturated carbocycles. The molecule has 0 aliphatic carbocycles. The summed E-state index contributed by atoms with van der Waals surface area (Å²) in [6.45, 7) is 2.00. The van der Waals surface area contributed by atoms with E-state index in [4.69, 9.17) is 9.84 Å². The van der Waals surface area contributed by atoms with Crippen molar-refractivity contribution in [2.24, 2.45) is 0 Å². The molecule has 1 heterocycles. The number of carbonyl (C=O) groups excluding carboxylic acids is 1. The summed E-state index contributed by atoms with van der Waals surface area (Å²) in [7, 11) is 1.60. The first-order chi connectivity index (χ1) is 9.02. The summed E-state index contributed by atoms with van der Waals surface area (Å²) in [6, 6.07) is 6.70. The van der Waals surface area contributed by atoms with Gasteiger partial charge in [0.1, 0.15) is 17.0 Å². The molecule has 1 aromatic carbocycles. The third-order valence-corrected chi connectivity index (χ3v) is 4.26. The van der Waals surface area contributed by atoms with E-state index < -0.39 is 12.0 Å². The number of ether oxygens (including phenoxy) is 1. The van der Waals surface area contributed by atoms with Gasteiger partial charge in [-0.2, -0.15) is 0 Å². The third kappa shape index (κ3) is 2.84. The Balaban J connectivity index is 1.92. The van der Waals surface area contributed by atoms with Gasteiger partial charge in [-0.3, -0.25) is 4.79 Å². The molecule has 102 valence electrons. The van der Waals surface area contributed by atoms with Gasteiger partial charge >= 0.3 is 5.97 Å². The fourth-order valence-corrected chi connectivity index (χ4v) is 2.90. The summed E-state index contributed by atoms with van der Waals surface area (Å²) in [4.78, 5) is 25.0. The molecule has 1 fully saturated rings. The van der Waals surface area contributed by atoms with Crippen LogP contribution in [0, 0.1) is 0 Å². The standard InChI is InChI=1S/C13H15NO4S/c1-8(13(16)17)14-7-11(12(14)15)19-10-5-3-9(18-2)4-6-10/h3-6,8,11H,7H2,1-2H3,(H,16,17). The maximum absolute atomic E-state index is 11.9. The molecule has 0 bridgehead atoms. The van der Waals surface area contributed by atoms with Crippen molar-refractivity contribution in [2.75, 3.05) is 13.7 Å². The highest BCUT2D eigenvalue weighted by Gasteiger charge is 2.42.